The molecule has 0 amide bonds. The Morgan fingerprint density at radius 3 is 2.82 bits per heavy atom. The highest BCUT2D eigenvalue weighted by atomic mass is 35.5. The van der Waals surface area contributed by atoms with Gasteiger partial charge in [-0.2, -0.15) is 0 Å². The van der Waals surface area contributed by atoms with Gasteiger partial charge in [0, 0.05) is 17.9 Å². The second-order valence-electron chi connectivity index (χ2n) is 6.17. The van der Waals surface area contributed by atoms with Crippen molar-refractivity contribution in [1.29, 1.82) is 0 Å². The Labute approximate surface area is 165 Å². The number of halogens is 2. The molecule has 4 aromatic rings. The van der Waals surface area contributed by atoms with E-state index in [4.69, 9.17) is 22.1 Å². The van der Waals surface area contributed by atoms with Crippen LogP contribution in [0.25, 0.3) is 11.0 Å². The maximum absolute atomic E-state index is 13.3. The number of nitrogens with two attached hydrogens (primary N) is 1. The number of hydrogen-bond donors (Lipinski definition) is 3. The topological polar surface area (TPSA) is 88.8 Å². The van der Waals surface area contributed by atoms with Crippen LogP contribution >= 0.6 is 11.6 Å². The maximum atomic E-state index is 13.3. The van der Waals surface area contributed by atoms with Crippen LogP contribution in [-0.4, -0.2) is 15.0 Å². The fourth-order valence-electron chi connectivity index (χ4n) is 2.82. The zero-order valence-electron chi connectivity index (χ0n) is 14.7. The van der Waals surface area contributed by atoms with Gasteiger partial charge in [-0.1, -0.05) is 23.7 Å². The average molecular weight is 398 g/mol. The zero-order chi connectivity index (χ0) is 19.5. The summed E-state index contributed by atoms with van der Waals surface area (Å²) < 4.78 is 19.0. The van der Waals surface area contributed by atoms with Gasteiger partial charge in [0.25, 0.3) is 0 Å². The van der Waals surface area contributed by atoms with Crippen molar-refractivity contribution in [2.24, 2.45) is 5.73 Å². The first-order valence-corrected chi connectivity index (χ1v) is 8.96. The smallest absolute Gasteiger partial charge is 0.158 e. The molecule has 0 fully saturated rings. The first-order chi connectivity index (χ1) is 13.6. The standard InChI is InChI=1S/C20H17ClFN5O/c21-16-7-14(4-5-18(16)28-10-12-2-1-3-13(22)6-12)27-20-19-17(24-11-25-20)8-15(9-23)26-19/h1-8,11,26H,9-10,23H2,(H,24,25,27). The molecular weight excluding hydrogens is 381 g/mol. The third kappa shape index (κ3) is 3.90. The minimum absolute atomic E-state index is 0.223. The van der Waals surface area contributed by atoms with Crippen LogP contribution in [0.1, 0.15) is 11.3 Å². The number of nitrogens with zero attached hydrogens (tertiary/aromatic N) is 2. The number of aromatic nitrogens is 3. The largest absolute Gasteiger partial charge is 0.487 e. The summed E-state index contributed by atoms with van der Waals surface area (Å²) in [5, 5.41) is 3.65. The lowest BCUT2D eigenvalue weighted by atomic mass is 10.2. The van der Waals surface area contributed by atoms with Crippen LogP contribution in [0, 0.1) is 5.82 Å². The Balaban J connectivity index is 1.51. The van der Waals surface area contributed by atoms with Gasteiger partial charge in [-0.05, 0) is 42.0 Å². The van der Waals surface area contributed by atoms with E-state index in [0.29, 0.717) is 23.1 Å². The highest BCUT2D eigenvalue weighted by Gasteiger charge is 2.10. The molecule has 0 unspecified atom stereocenters. The van der Waals surface area contributed by atoms with Crippen LogP contribution in [0.2, 0.25) is 5.02 Å². The van der Waals surface area contributed by atoms with E-state index in [1.165, 1.54) is 18.5 Å². The predicted molar refractivity (Wildman–Crippen MR) is 107 cm³/mol. The maximum Gasteiger partial charge on any atom is 0.158 e. The number of anilines is 2. The fraction of sp³-hybridized carbons (Fsp3) is 0.100. The zero-order valence-corrected chi connectivity index (χ0v) is 15.5. The van der Waals surface area contributed by atoms with Gasteiger partial charge in [0.2, 0.25) is 0 Å². The summed E-state index contributed by atoms with van der Waals surface area (Å²) in [6.07, 6.45) is 1.48. The average Bonchev–Trinajstić information content (AvgIpc) is 3.12. The molecule has 28 heavy (non-hydrogen) atoms. The molecule has 2 aromatic carbocycles. The molecule has 4 rings (SSSR count). The van der Waals surface area contributed by atoms with Gasteiger partial charge in [-0.25, -0.2) is 14.4 Å². The second-order valence-corrected chi connectivity index (χ2v) is 6.58. The normalized spacial score (nSPS) is 11.0. The van der Waals surface area contributed by atoms with Crippen molar-refractivity contribution in [3.8, 4) is 5.75 Å². The van der Waals surface area contributed by atoms with Crippen LogP contribution in [0.4, 0.5) is 15.9 Å². The number of nitrogens with one attached hydrogen (secondary N) is 2. The van der Waals surface area contributed by atoms with Crippen LogP contribution in [0.5, 0.6) is 5.75 Å². The lowest BCUT2D eigenvalue weighted by Crippen LogP contribution is -1.99. The summed E-state index contributed by atoms with van der Waals surface area (Å²) >= 11 is 6.34. The predicted octanol–water partition coefficient (Wildman–Crippen LogP) is 4.53. The van der Waals surface area contributed by atoms with E-state index in [9.17, 15) is 4.39 Å². The Morgan fingerprint density at radius 1 is 1.14 bits per heavy atom. The van der Waals surface area contributed by atoms with Gasteiger partial charge in [-0.3, -0.25) is 0 Å². The third-order valence-electron chi connectivity index (χ3n) is 4.17. The molecule has 0 spiro atoms. The molecule has 0 aliphatic heterocycles. The number of benzene rings is 2. The van der Waals surface area contributed by atoms with Crippen molar-refractivity contribution in [2.75, 3.05) is 5.32 Å². The van der Waals surface area contributed by atoms with Crippen LogP contribution in [0.15, 0.2) is 54.9 Å². The number of hydrogen-bond acceptors (Lipinski definition) is 5. The summed E-state index contributed by atoms with van der Waals surface area (Å²) in [7, 11) is 0. The minimum atomic E-state index is -0.301. The van der Waals surface area contributed by atoms with Gasteiger partial charge in [-0.15, -0.1) is 0 Å². The van der Waals surface area contributed by atoms with E-state index in [1.807, 2.05) is 12.1 Å². The molecule has 0 radical (unpaired) electrons. The van der Waals surface area contributed by atoms with E-state index < -0.39 is 0 Å². The van der Waals surface area contributed by atoms with E-state index >= 15 is 0 Å². The van der Waals surface area contributed by atoms with Gasteiger partial charge in [0.1, 0.15) is 30.0 Å². The third-order valence-corrected chi connectivity index (χ3v) is 4.47. The molecule has 6 nitrogen and oxygen atoms in total. The van der Waals surface area contributed by atoms with Gasteiger partial charge in [0.15, 0.2) is 5.82 Å². The quantitative estimate of drug-likeness (QED) is 0.444. The highest BCUT2D eigenvalue weighted by Crippen LogP contribution is 2.31. The minimum Gasteiger partial charge on any atom is -0.487 e. The van der Waals surface area contributed by atoms with Crippen molar-refractivity contribution in [1.82, 2.24) is 15.0 Å². The molecule has 142 valence electrons. The highest BCUT2D eigenvalue weighted by molar-refractivity contribution is 6.32. The van der Waals surface area contributed by atoms with E-state index in [1.54, 1.807) is 24.3 Å². The summed E-state index contributed by atoms with van der Waals surface area (Å²) in [6, 6.07) is 13.5. The van der Waals surface area contributed by atoms with Crippen LogP contribution < -0.4 is 15.8 Å². The number of ether oxygens (including phenoxy) is 1. The molecule has 0 saturated carbocycles. The van der Waals surface area contributed by atoms with Crippen molar-refractivity contribution in [3.63, 3.8) is 0 Å². The van der Waals surface area contributed by atoms with E-state index in [-0.39, 0.29) is 12.4 Å². The lowest BCUT2D eigenvalue weighted by molar-refractivity contribution is 0.306. The second kappa shape index (κ2) is 7.84. The Kier molecular flexibility index (Phi) is 5.10. The first-order valence-electron chi connectivity index (χ1n) is 8.59. The SMILES string of the molecule is NCc1cc2ncnc(Nc3ccc(OCc4cccc(F)c4)c(Cl)c3)c2[nH]1. The van der Waals surface area contributed by atoms with Gasteiger partial charge >= 0.3 is 0 Å². The summed E-state index contributed by atoms with van der Waals surface area (Å²) in [5.74, 6) is 0.828. The monoisotopic (exact) mass is 397 g/mol. The molecule has 0 atom stereocenters. The first kappa shape index (κ1) is 18.2. The molecule has 0 aliphatic carbocycles. The lowest BCUT2D eigenvalue weighted by Gasteiger charge is -2.11. The summed E-state index contributed by atoms with van der Waals surface area (Å²) in [5.41, 5.74) is 9.57. The molecule has 2 aromatic heterocycles. The summed E-state index contributed by atoms with van der Waals surface area (Å²) in [4.78, 5) is 11.7. The van der Waals surface area contributed by atoms with Crippen molar-refractivity contribution < 1.29 is 9.13 Å². The number of H-pyrrole nitrogens is 1. The number of rotatable bonds is 6. The van der Waals surface area contributed by atoms with Crippen molar-refractivity contribution in [2.45, 2.75) is 13.2 Å². The number of aromatic amines is 1. The fourth-order valence-corrected chi connectivity index (χ4v) is 3.05. The molecule has 4 N–H and O–H groups in total. The molecule has 2 heterocycles. The summed E-state index contributed by atoms with van der Waals surface area (Å²) in [6.45, 7) is 0.611. The molecule has 0 bridgehead atoms. The van der Waals surface area contributed by atoms with E-state index in [2.05, 4.69) is 20.3 Å². The van der Waals surface area contributed by atoms with Crippen LogP contribution in [0.3, 0.4) is 0 Å². The van der Waals surface area contributed by atoms with Crippen molar-refractivity contribution >= 4 is 34.1 Å². The van der Waals surface area contributed by atoms with Crippen molar-refractivity contribution in [3.05, 3.63) is 77.0 Å². The van der Waals surface area contributed by atoms with Gasteiger partial charge < -0.3 is 20.8 Å². The Hall–Kier alpha value is -3.16. The van der Waals surface area contributed by atoms with Crippen LogP contribution in [-0.2, 0) is 13.2 Å². The molecular formula is C20H17ClFN5O. The van der Waals surface area contributed by atoms with E-state index in [0.717, 1.165) is 28.0 Å². The molecule has 8 heteroatoms. The molecule has 0 saturated heterocycles. The Bertz CT molecular complexity index is 1130. The molecule has 0 aliphatic rings. The van der Waals surface area contributed by atoms with Gasteiger partial charge in [0.05, 0.1) is 10.5 Å². The Morgan fingerprint density at radius 2 is 2.04 bits per heavy atom. The number of fused-ring (bicyclic) bond motifs is 1.